The summed E-state index contributed by atoms with van der Waals surface area (Å²) >= 11 is 3.22. The molecule has 0 amide bonds. The molecule has 4 rings (SSSR count). The molecule has 0 radical (unpaired) electrons. The summed E-state index contributed by atoms with van der Waals surface area (Å²) < 4.78 is 4.45. The van der Waals surface area contributed by atoms with E-state index in [1.807, 2.05) is 11.6 Å². The van der Waals surface area contributed by atoms with Gasteiger partial charge in [-0.25, -0.2) is 9.97 Å². The lowest BCUT2D eigenvalue weighted by Gasteiger charge is -2.29. The normalized spacial score (nSPS) is 14.8. The Hall–Kier alpha value is -1.53. The Labute approximate surface area is 125 Å². The summed E-state index contributed by atoms with van der Waals surface area (Å²) in [4.78, 5) is 12.7. The second-order valence-corrected chi connectivity index (χ2v) is 6.72. The standard InChI is InChI=1S/C14H14N4S2/c1-8-10-7-18(14-15-4-6-19-14)5-3-11(10)16-13-12(8)9(2)17-20-13/h4,6H,3,5,7H2,1-2H3. The third-order valence-electron chi connectivity index (χ3n) is 3.91. The minimum absolute atomic E-state index is 0.910. The molecule has 3 aromatic heterocycles. The zero-order valence-electron chi connectivity index (χ0n) is 11.4. The maximum Gasteiger partial charge on any atom is 0.185 e. The number of aryl methyl sites for hydroxylation is 2. The summed E-state index contributed by atoms with van der Waals surface area (Å²) in [5, 5.41) is 4.39. The van der Waals surface area contributed by atoms with Crippen molar-refractivity contribution in [2.24, 2.45) is 0 Å². The van der Waals surface area contributed by atoms with E-state index >= 15 is 0 Å². The van der Waals surface area contributed by atoms with Crippen LogP contribution in [-0.4, -0.2) is 20.9 Å². The number of pyridine rings is 1. The van der Waals surface area contributed by atoms with E-state index in [0.29, 0.717) is 0 Å². The predicted octanol–water partition coefficient (Wildman–Crippen LogP) is 3.33. The van der Waals surface area contributed by atoms with E-state index in [0.717, 1.165) is 35.2 Å². The number of anilines is 1. The van der Waals surface area contributed by atoms with E-state index in [4.69, 9.17) is 4.98 Å². The first-order chi connectivity index (χ1) is 9.74. The van der Waals surface area contributed by atoms with Gasteiger partial charge in [0.05, 0.1) is 5.69 Å². The number of fused-ring (bicyclic) bond motifs is 2. The third kappa shape index (κ3) is 1.75. The largest absolute Gasteiger partial charge is 0.343 e. The van der Waals surface area contributed by atoms with Gasteiger partial charge in [0.1, 0.15) is 4.83 Å². The van der Waals surface area contributed by atoms with Gasteiger partial charge in [-0.15, -0.1) is 11.3 Å². The van der Waals surface area contributed by atoms with Crippen molar-refractivity contribution in [1.82, 2.24) is 14.3 Å². The average Bonchev–Trinajstić information content (AvgIpc) is 3.09. The first-order valence-corrected chi connectivity index (χ1v) is 8.28. The average molecular weight is 302 g/mol. The molecule has 1 aliphatic rings. The maximum atomic E-state index is 4.83. The first kappa shape index (κ1) is 12.2. The number of nitrogens with zero attached hydrogens (tertiary/aromatic N) is 4. The quantitative estimate of drug-likeness (QED) is 0.691. The van der Waals surface area contributed by atoms with E-state index in [9.17, 15) is 0 Å². The summed E-state index contributed by atoms with van der Waals surface area (Å²) in [6, 6.07) is 0. The van der Waals surface area contributed by atoms with Crippen LogP contribution in [0.25, 0.3) is 10.2 Å². The van der Waals surface area contributed by atoms with Gasteiger partial charge in [0.2, 0.25) is 0 Å². The molecule has 3 aromatic rings. The van der Waals surface area contributed by atoms with Crippen LogP contribution >= 0.6 is 22.9 Å². The van der Waals surface area contributed by atoms with Gasteiger partial charge in [0, 0.05) is 42.2 Å². The molecule has 0 bridgehead atoms. The molecule has 0 aliphatic carbocycles. The summed E-state index contributed by atoms with van der Waals surface area (Å²) in [7, 11) is 0. The Bertz CT molecular complexity index is 776. The van der Waals surface area contributed by atoms with E-state index < -0.39 is 0 Å². The van der Waals surface area contributed by atoms with Gasteiger partial charge < -0.3 is 4.90 Å². The predicted molar refractivity (Wildman–Crippen MR) is 83.8 cm³/mol. The highest BCUT2D eigenvalue weighted by Crippen LogP contribution is 2.32. The van der Waals surface area contributed by atoms with Crippen LogP contribution in [0.5, 0.6) is 0 Å². The lowest BCUT2D eigenvalue weighted by Crippen LogP contribution is -2.31. The molecule has 0 N–H and O–H groups in total. The Morgan fingerprint density at radius 1 is 1.30 bits per heavy atom. The number of hydrogen-bond acceptors (Lipinski definition) is 6. The molecule has 4 nitrogen and oxygen atoms in total. The minimum atomic E-state index is 0.910. The molecule has 102 valence electrons. The highest BCUT2D eigenvalue weighted by Gasteiger charge is 2.23. The second-order valence-electron chi connectivity index (χ2n) is 5.10. The first-order valence-electron chi connectivity index (χ1n) is 6.63. The van der Waals surface area contributed by atoms with Crippen molar-refractivity contribution in [3.05, 3.63) is 34.1 Å². The van der Waals surface area contributed by atoms with Crippen LogP contribution in [0.4, 0.5) is 5.13 Å². The number of rotatable bonds is 1. The fourth-order valence-electron chi connectivity index (χ4n) is 2.89. The molecular formula is C14H14N4S2. The molecule has 0 aromatic carbocycles. The van der Waals surface area contributed by atoms with Gasteiger partial charge in [0.15, 0.2) is 5.13 Å². The zero-order chi connectivity index (χ0) is 13.7. The van der Waals surface area contributed by atoms with Crippen molar-refractivity contribution >= 4 is 38.2 Å². The molecule has 0 unspecified atom stereocenters. The Balaban J connectivity index is 1.84. The van der Waals surface area contributed by atoms with E-state index in [2.05, 4.69) is 28.1 Å². The zero-order valence-corrected chi connectivity index (χ0v) is 13.0. The SMILES string of the molecule is Cc1nsc2nc3c(c(C)c12)CN(c1nccs1)CC3. The van der Waals surface area contributed by atoms with Gasteiger partial charge >= 0.3 is 0 Å². The highest BCUT2D eigenvalue weighted by molar-refractivity contribution is 7.13. The Kier molecular flexibility index (Phi) is 2.75. The molecule has 1 aliphatic heterocycles. The molecule has 0 atom stereocenters. The van der Waals surface area contributed by atoms with Crippen molar-refractivity contribution in [1.29, 1.82) is 0 Å². The van der Waals surface area contributed by atoms with Gasteiger partial charge in [-0.2, -0.15) is 4.37 Å². The summed E-state index contributed by atoms with van der Waals surface area (Å²) in [5.74, 6) is 0. The topological polar surface area (TPSA) is 41.9 Å². The van der Waals surface area contributed by atoms with Crippen LogP contribution < -0.4 is 4.90 Å². The number of aromatic nitrogens is 3. The minimum Gasteiger partial charge on any atom is -0.343 e. The fourth-order valence-corrected chi connectivity index (χ4v) is 4.41. The Morgan fingerprint density at radius 2 is 2.20 bits per heavy atom. The molecule has 0 fully saturated rings. The fraction of sp³-hybridized carbons (Fsp3) is 0.357. The Morgan fingerprint density at radius 3 is 3.00 bits per heavy atom. The van der Waals surface area contributed by atoms with Crippen LogP contribution in [-0.2, 0) is 13.0 Å². The number of hydrogen-bond donors (Lipinski definition) is 0. The molecule has 0 saturated heterocycles. The van der Waals surface area contributed by atoms with Crippen molar-refractivity contribution in [2.45, 2.75) is 26.8 Å². The van der Waals surface area contributed by atoms with E-state index in [1.165, 1.54) is 33.7 Å². The van der Waals surface area contributed by atoms with Crippen molar-refractivity contribution in [3.8, 4) is 0 Å². The lowest BCUT2D eigenvalue weighted by molar-refractivity contribution is 0.710. The second kappa shape index (κ2) is 4.49. The van der Waals surface area contributed by atoms with Crippen molar-refractivity contribution < 1.29 is 0 Å². The summed E-state index contributed by atoms with van der Waals surface area (Å²) in [6.45, 7) is 6.18. The van der Waals surface area contributed by atoms with Gasteiger partial charge in [-0.1, -0.05) is 0 Å². The van der Waals surface area contributed by atoms with Crippen LogP contribution in [0.1, 0.15) is 22.5 Å². The number of thiazole rings is 1. The molecule has 20 heavy (non-hydrogen) atoms. The van der Waals surface area contributed by atoms with E-state index in [1.54, 1.807) is 11.3 Å². The van der Waals surface area contributed by atoms with Crippen molar-refractivity contribution in [2.75, 3.05) is 11.4 Å². The van der Waals surface area contributed by atoms with Crippen LogP contribution in [0.15, 0.2) is 11.6 Å². The van der Waals surface area contributed by atoms with Gasteiger partial charge in [0.25, 0.3) is 0 Å². The van der Waals surface area contributed by atoms with Gasteiger partial charge in [-0.3, -0.25) is 0 Å². The van der Waals surface area contributed by atoms with Crippen molar-refractivity contribution in [3.63, 3.8) is 0 Å². The molecule has 6 heteroatoms. The highest BCUT2D eigenvalue weighted by atomic mass is 32.1. The lowest BCUT2D eigenvalue weighted by atomic mass is 9.98. The molecule has 4 heterocycles. The van der Waals surface area contributed by atoms with Gasteiger partial charge in [-0.05, 0) is 36.5 Å². The molecular weight excluding hydrogens is 288 g/mol. The maximum absolute atomic E-state index is 4.83. The molecule has 0 saturated carbocycles. The van der Waals surface area contributed by atoms with E-state index in [-0.39, 0.29) is 0 Å². The molecule has 0 spiro atoms. The monoisotopic (exact) mass is 302 g/mol. The third-order valence-corrected chi connectivity index (χ3v) is 5.58. The summed E-state index contributed by atoms with van der Waals surface area (Å²) in [5.41, 5.74) is 5.05. The van der Waals surface area contributed by atoms with Crippen LogP contribution in [0, 0.1) is 13.8 Å². The van der Waals surface area contributed by atoms with Crippen LogP contribution in [0.3, 0.4) is 0 Å². The summed E-state index contributed by atoms with van der Waals surface area (Å²) in [6.07, 6.45) is 2.86. The smallest absolute Gasteiger partial charge is 0.185 e. The van der Waals surface area contributed by atoms with Crippen LogP contribution in [0.2, 0.25) is 0 Å².